The maximum absolute atomic E-state index is 2.38. The molecule has 39 heavy (non-hydrogen) atoms. The molecule has 2 nitrogen and oxygen atoms in total. The van der Waals surface area contributed by atoms with Gasteiger partial charge in [0.1, 0.15) is 0 Å². The molecule has 1 aliphatic heterocycles. The maximum Gasteiger partial charge on any atom is 0.0601 e. The molecule has 0 N–H and O–H groups in total. The monoisotopic (exact) mass is 516 g/mol. The van der Waals surface area contributed by atoms with E-state index in [1.807, 2.05) is 11.8 Å². The molecular formula is C36H24N2S. The Bertz CT molecular complexity index is 1940. The van der Waals surface area contributed by atoms with E-state index in [1.165, 1.54) is 65.5 Å². The first-order chi connectivity index (χ1) is 19.3. The molecule has 0 saturated carbocycles. The summed E-state index contributed by atoms with van der Waals surface area (Å²) in [5.74, 6) is 0. The van der Waals surface area contributed by atoms with Crippen molar-refractivity contribution in [1.29, 1.82) is 0 Å². The molecule has 184 valence electrons. The lowest BCUT2D eigenvalue weighted by Gasteiger charge is -2.32. The van der Waals surface area contributed by atoms with Gasteiger partial charge in [-0.15, -0.1) is 0 Å². The van der Waals surface area contributed by atoms with Crippen molar-refractivity contribution in [2.75, 3.05) is 4.90 Å². The van der Waals surface area contributed by atoms with Crippen molar-refractivity contribution >= 4 is 50.6 Å². The Morgan fingerprint density at radius 2 is 1.00 bits per heavy atom. The van der Waals surface area contributed by atoms with Crippen LogP contribution in [0.1, 0.15) is 0 Å². The number of anilines is 3. The van der Waals surface area contributed by atoms with Gasteiger partial charge in [0.25, 0.3) is 0 Å². The highest BCUT2D eigenvalue weighted by atomic mass is 32.2. The molecule has 8 rings (SSSR count). The van der Waals surface area contributed by atoms with Gasteiger partial charge >= 0.3 is 0 Å². The van der Waals surface area contributed by atoms with Crippen molar-refractivity contribution in [3.05, 3.63) is 146 Å². The van der Waals surface area contributed by atoms with E-state index < -0.39 is 0 Å². The van der Waals surface area contributed by atoms with Gasteiger partial charge in [0.2, 0.25) is 0 Å². The van der Waals surface area contributed by atoms with Crippen LogP contribution in [0, 0.1) is 0 Å². The fourth-order valence-electron chi connectivity index (χ4n) is 5.79. The average Bonchev–Trinajstić information content (AvgIpc) is 3.34. The number of rotatable bonds is 3. The SMILES string of the molecule is c1ccc(-n2c3ccccc3c3cc(-c4ccc(N5c6ccccc6Sc6ccccc65)cc4)ccc32)cc1. The highest BCUT2D eigenvalue weighted by molar-refractivity contribution is 7.99. The zero-order valence-corrected chi connectivity index (χ0v) is 22.0. The second-order valence-electron chi connectivity index (χ2n) is 9.84. The molecule has 2 heterocycles. The summed E-state index contributed by atoms with van der Waals surface area (Å²) in [4.78, 5) is 4.93. The van der Waals surface area contributed by atoms with Gasteiger partial charge in [0.05, 0.1) is 22.4 Å². The second-order valence-corrected chi connectivity index (χ2v) is 10.9. The number of benzene rings is 6. The molecule has 1 aromatic heterocycles. The van der Waals surface area contributed by atoms with E-state index >= 15 is 0 Å². The molecule has 0 unspecified atom stereocenters. The zero-order chi connectivity index (χ0) is 25.8. The first kappa shape index (κ1) is 22.3. The van der Waals surface area contributed by atoms with Crippen LogP contribution in [0.2, 0.25) is 0 Å². The van der Waals surface area contributed by atoms with E-state index in [-0.39, 0.29) is 0 Å². The predicted octanol–water partition coefficient (Wildman–Crippen LogP) is 10.4. The molecule has 7 aromatic rings. The number of hydrogen-bond acceptors (Lipinski definition) is 2. The molecular weight excluding hydrogens is 492 g/mol. The van der Waals surface area contributed by atoms with Crippen molar-refractivity contribution in [1.82, 2.24) is 4.57 Å². The molecule has 0 amide bonds. The molecule has 0 atom stereocenters. The molecule has 3 heteroatoms. The lowest BCUT2D eigenvalue weighted by atomic mass is 10.0. The van der Waals surface area contributed by atoms with Crippen molar-refractivity contribution < 1.29 is 0 Å². The number of aromatic nitrogens is 1. The summed E-state index contributed by atoms with van der Waals surface area (Å²) in [6.45, 7) is 0. The quantitative estimate of drug-likeness (QED) is 0.231. The van der Waals surface area contributed by atoms with Gasteiger partial charge in [-0.3, -0.25) is 0 Å². The molecule has 0 aliphatic carbocycles. The van der Waals surface area contributed by atoms with Crippen LogP contribution in [0.4, 0.5) is 17.1 Å². The van der Waals surface area contributed by atoms with E-state index in [2.05, 4.69) is 155 Å². The van der Waals surface area contributed by atoms with E-state index in [9.17, 15) is 0 Å². The first-order valence-corrected chi connectivity index (χ1v) is 14.0. The molecule has 1 aliphatic rings. The highest BCUT2D eigenvalue weighted by Crippen LogP contribution is 2.51. The fraction of sp³-hybridized carbons (Fsp3) is 0. The Morgan fingerprint density at radius 1 is 0.410 bits per heavy atom. The van der Waals surface area contributed by atoms with Crippen LogP contribution in [0.3, 0.4) is 0 Å². The molecule has 6 aromatic carbocycles. The predicted molar refractivity (Wildman–Crippen MR) is 165 cm³/mol. The summed E-state index contributed by atoms with van der Waals surface area (Å²) in [6.07, 6.45) is 0. The van der Waals surface area contributed by atoms with Crippen LogP contribution in [-0.2, 0) is 0 Å². The van der Waals surface area contributed by atoms with Crippen LogP contribution in [-0.4, -0.2) is 4.57 Å². The molecule has 0 saturated heterocycles. The van der Waals surface area contributed by atoms with Gasteiger partial charge < -0.3 is 9.47 Å². The zero-order valence-electron chi connectivity index (χ0n) is 21.2. The van der Waals surface area contributed by atoms with Gasteiger partial charge in [-0.2, -0.15) is 0 Å². The first-order valence-electron chi connectivity index (χ1n) is 13.2. The summed E-state index contributed by atoms with van der Waals surface area (Å²) in [6, 6.07) is 52.5. The minimum Gasteiger partial charge on any atom is -0.309 e. The summed E-state index contributed by atoms with van der Waals surface area (Å²) in [5, 5.41) is 2.54. The second kappa shape index (κ2) is 8.93. The smallest absolute Gasteiger partial charge is 0.0601 e. The lowest BCUT2D eigenvalue weighted by molar-refractivity contribution is 1.17. The maximum atomic E-state index is 2.38. The van der Waals surface area contributed by atoms with Crippen molar-refractivity contribution in [2.24, 2.45) is 0 Å². The van der Waals surface area contributed by atoms with Gasteiger partial charge in [-0.05, 0) is 77.9 Å². The highest BCUT2D eigenvalue weighted by Gasteiger charge is 2.24. The summed E-state index contributed by atoms with van der Waals surface area (Å²) in [5.41, 5.74) is 9.69. The van der Waals surface area contributed by atoms with Crippen molar-refractivity contribution in [3.63, 3.8) is 0 Å². The normalized spacial score (nSPS) is 12.5. The van der Waals surface area contributed by atoms with E-state index in [0.29, 0.717) is 0 Å². The van der Waals surface area contributed by atoms with Crippen LogP contribution in [0.25, 0.3) is 38.6 Å². The Morgan fingerprint density at radius 3 is 1.74 bits per heavy atom. The Kier molecular flexibility index (Phi) is 5.10. The van der Waals surface area contributed by atoms with E-state index in [1.54, 1.807) is 0 Å². The van der Waals surface area contributed by atoms with Gasteiger partial charge in [-0.25, -0.2) is 0 Å². The average molecular weight is 517 g/mol. The molecule has 0 spiro atoms. The standard InChI is InChI=1S/C36H24N2S/c1-2-10-27(11-3-1)37-31-13-5-4-12-29(31)30-24-26(20-23-32(30)37)25-18-21-28(22-19-25)38-33-14-6-8-16-35(33)39-36-17-9-7-15-34(36)38/h1-24H. The molecule has 0 radical (unpaired) electrons. The summed E-state index contributed by atoms with van der Waals surface area (Å²) >= 11 is 1.84. The van der Waals surface area contributed by atoms with Crippen LogP contribution in [0.15, 0.2) is 155 Å². The summed E-state index contributed by atoms with van der Waals surface area (Å²) in [7, 11) is 0. The minimum atomic E-state index is 1.17. The number of para-hydroxylation sites is 4. The third kappa shape index (κ3) is 3.58. The summed E-state index contributed by atoms with van der Waals surface area (Å²) < 4.78 is 2.36. The van der Waals surface area contributed by atoms with Gasteiger partial charge in [-0.1, -0.05) is 90.6 Å². The third-order valence-electron chi connectivity index (χ3n) is 7.58. The van der Waals surface area contributed by atoms with Crippen LogP contribution in [0.5, 0.6) is 0 Å². The van der Waals surface area contributed by atoms with Crippen LogP contribution >= 0.6 is 11.8 Å². The van der Waals surface area contributed by atoms with Gasteiger partial charge in [0, 0.05) is 31.9 Å². The van der Waals surface area contributed by atoms with Crippen molar-refractivity contribution in [3.8, 4) is 16.8 Å². The largest absolute Gasteiger partial charge is 0.309 e. The molecule has 0 bridgehead atoms. The fourth-order valence-corrected chi connectivity index (χ4v) is 6.85. The topological polar surface area (TPSA) is 8.17 Å². The van der Waals surface area contributed by atoms with E-state index in [0.717, 1.165) is 0 Å². The number of fused-ring (bicyclic) bond motifs is 5. The minimum absolute atomic E-state index is 1.17. The van der Waals surface area contributed by atoms with Crippen molar-refractivity contribution in [2.45, 2.75) is 9.79 Å². The van der Waals surface area contributed by atoms with Gasteiger partial charge in [0.15, 0.2) is 0 Å². The van der Waals surface area contributed by atoms with Crippen LogP contribution < -0.4 is 4.90 Å². The number of nitrogens with zero attached hydrogens (tertiary/aromatic N) is 2. The molecule has 0 fully saturated rings. The lowest BCUT2D eigenvalue weighted by Crippen LogP contribution is -2.14. The number of hydrogen-bond donors (Lipinski definition) is 0. The third-order valence-corrected chi connectivity index (χ3v) is 8.71. The Hall–Kier alpha value is -4.73. The van der Waals surface area contributed by atoms with E-state index in [4.69, 9.17) is 0 Å². The Balaban J connectivity index is 1.23. The Labute approximate surface area is 231 Å².